The van der Waals surface area contributed by atoms with Gasteiger partial charge in [-0.3, -0.25) is 14.3 Å². The Kier molecular flexibility index (Phi) is 3.61. The van der Waals surface area contributed by atoms with E-state index in [0.29, 0.717) is 16.7 Å². The third kappa shape index (κ3) is 2.23. The van der Waals surface area contributed by atoms with E-state index in [1.165, 1.54) is 22.9 Å². The van der Waals surface area contributed by atoms with Crippen LogP contribution in [0.15, 0.2) is 48.7 Å². The SMILES string of the molecule is CC=C1c2cccnc2C(=O)c2c1c(O)n(Cc1ccc(F)cc1)c2O. The molecule has 4 rings (SSSR count). The second-order valence-electron chi connectivity index (χ2n) is 6.04. The molecule has 1 aliphatic rings. The Bertz CT molecular complexity index is 1070. The van der Waals surface area contributed by atoms with Crippen molar-refractivity contribution in [2.75, 3.05) is 0 Å². The predicted octanol–water partition coefficient (Wildman–Crippen LogP) is 3.48. The third-order valence-electron chi connectivity index (χ3n) is 4.56. The van der Waals surface area contributed by atoms with Crippen molar-refractivity contribution < 1.29 is 19.4 Å². The zero-order chi connectivity index (χ0) is 18.4. The maximum absolute atomic E-state index is 13.1. The monoisotopic (exact) mass is 350 g/mol. The highest BCUT2D eigenvalue weighted by Gasteiger charge is 2.36. The minimum Gasteiger partial charge on any atom is -0.494 e. The van der Waals surface area contributed by atoms with Crippen LogP contribution >= 0.6 is 0 Å². The Hall–Kier alpha value is -3.41. The summed E-state index contributed by atoms with van der Waals surface area (Å²) in [6, 6.07) is 9.19. The summed E-state index contributed by atoms with van der Waals surface area (Å²) in [6.45, 7) is 1.89. The number of rotatable bonds is 2. The number of allylic oxidation sites excluding steroid dienone is 1. The number of fused-ring (bicyclic) bond motifs is 2. The van der Waals surface area contributed by atoms with Gasteiger partial charge in [-0.25, -0.2) is 4.39 Å². The first kappa shape index (κ1) is 16.1. The van der Waals surface area contributed by atoms with E-state index in [1.54, 1.807) is 37.3 Å². The summed E-state index contributed by atoms with van der Waals surface area (Å²) in [5.41, 5.74) is 2.48. The number of aromatic nitrogens is 2. The third-order valence-corrected chi connectivity index (χ3v) is 4.56. The highest BCUT2D eigenvalue weighted by molar-refractivity contribution is 6.19. The first-order valence-electron chi connectivity index (χ1n) is 8.08. The molecule has 2 heterocycles. The van der Waals surface area contributed by atoms with Crippen molar-refractivity contribution in [3.63, 3.8) is 0 Å². The van der Waals surface area contributed by atoms with Gasteiger partial charge in [0, 0.05) is 11.8 Å². The maximum atomic E-state index is 13.1. The number of hydrogen-bond donors (Lipinski definition) is 2. The zero-order valence-corrected chi connectivity index (χ0v) is 13.9. The van der Waals surface area contributed by atoms with E-state index in [2.05, 4.69) is 4.98 Å². The van der Waals surface area contributed by atoms with Gasteiger partial charge in [0.1, 0.15) is 11.5 Å². The molecule has 2 N–H and O–H groups in total. The summed E-state index contributed by atoms with van der Waals surface area (Å²) >= 11 is 0. The van der Waals surface area contributed by atoms with E-state index in [-0.39, 0.29) is 40.9 Å². The molecule has 0 bridgehead atoms. The van der Waals surface area contributed by atoms with Gasteiger partial charge in [0.15, 0.2) is 0 Å². The Labute approximate surface area is 148 Å². The summed E-state index contributed by atoms with van der Waals surface area (Å²) in [5, 5.41) is 21.4. The quantitative estimate of drug-likeness (QED) is 0.580. The van der Waals surface area contributed by atoms with Gasteiger partial charge in [0.05, 0.1) is 17.7 Å². The smallest absolute Gasteiger partial charge is 0.218 e. The summed E-state index contributed by atoms with van der Waals surface area (Å²) < 4.78 is 14.3. The highest BCUT2D eigenvalue weighted by Crippen LogP contribution is 2.46. The Balaban J connectivity index is 1.90. The second-order valence-corrected chi connectivity index (χ2v) is 6.04. The molecule has 0 amide bonds. The van der Waals surface area contributed by atoms with Crippen LogP contribution < -0.4 is 0 Å². The minimum absolute atomic E-state index is 0.0314. The fraction of sp³-hybridized carbons (Fsp3) is 0.100. The maximum Gasteiger partial charge on any atom is 0.218 e. The van der Waals surface area contributed by atoms with Crippen molar-refractivity contribution >= 4 is 11.4 Å². The predicted molar refractivity (Wildman–Crippen MR) is 93.7 cm³/mol. The fourth-order valence-corrected chi connectivity index (χ4v) is 3.34. The Morgan fingerprint density at radius 2 is 1.81 bits per heavy atom. The molecule has 0 saturated heterocycles. The largest absolute Gasteiger partial charge is 0.494 e. The normalized spacial score (nSPS) is 14.4. The van der Waals surface area contributed by atoms with Crippen molar-refractivity contribution in [1.29, 1.82) is 0 Å². The van der Waals surface area contributed by atoms with Crippen LogP contribution in [0.5, 0.6) is 11.8 Å². The number of ketones is 1. The van der Waals surface area contributed by atoms with Crippen molar-refractivity contribution in [1.82, 2.24) is 9.55 Å². The van der Waals surface area contributed by atoms with Crippen LogP contribution in [0.2, 0.25) is 0 Å². The molecule has 0 saturated carbocycles. The molecule has 0 atom stereocenters. The lowest BCUT2D eigenvalue weighted by Gasteiger charge is -2.17. The van der Waals surface area contributed by atoms with Crippen molar-refractivity contribution in [3.8, 4) is 11.8 Å². The Morgan fingerprint density at radius 3 is 2.50 bits per heavy atom. The number of benzene rings is 1. The van der Waals surface area contributed by atoms with Gasteiger partial charge >= 0.3 is 0 Å². The van der Waals surface area contributed by atoms with Gasteiger partial charge in [0.2, 0.25) is 17.5 Å². The molecule has 0 unspecified atom stereocenters. The van der Waals surface area contributed by atoms with E-state index < -0.39 is 5.78 Å². The average molecular weight is 350 g/mol. The summed E-state index contributed by atoms with van der Waals surface area (Å²) in [6.07, 6.45) is 3.29. The molecule has 0 aliphatic heterocycles. The van der Waals surface area contributed by atoms with E-state index in [9.17, 15) is 19.4 Å². The minimum atomic E-state index is -0.438. The van der Waals surface area contributed by atoms with Gasteiger partial charge in [-0.2, -0.15) is 0 Å². The van der Waals surface area contributed by atoms with Crippen LogP contribution in [-0.2, 0) is 6.54 Å². The van der Waals surface area contributed by atoms with Gasteiger partial charge in [0.25, 0.3) is 0 Å². The zero-order valence-electron chi connectivity index (χ0n) is 13.9. The van der Waals surface area contributed by atoms with Crippen molar-refractivity contribution in [2.24, 2.45) is 0 Å². The lowest BCUT2D eigenvalue weighted by Crippen LogP contribution is -2.14. The van der Waals surface area contributed by atoms with Crippen LogP contribution in [0, 0.1) is 5.82 Å². The molecule has 3 aromatic rings. The summed E-state index contributed by atoms with van der Waals surface area (Å²) in [5.74, 6) is -1.35. The Morgan fingerprint density at radius 1 is 1.12 bits per heavy atom. The van der Waals surface area contributed by atoms with Crippen LogP contribution in [0.3, 0.4) is 0 Å². The number of carbonyl (C=O) groups is 1. The molecule has 1 aromatic carbocycles. The molecule has 0 radical (unpaired) electrons. The average Bonchev–Trinajstić information content (AvgIpc) is 2.89. The van der Waals surface area contributed by atoms with E-state index in [1.807, 2.05) is 0 Å². The standard InChI is InChI=1S/C20H15FN2O3/c1-2-13-14-4-3-9-22-17(14)18(24)16-15(13)19(25)23(20(16)26)10-11-5-7-12(21)8-6-11/h2-9,25-26H,10H2,1H3. The molecular weight excluding hydrogens is 335 g/mol. The first-order valence-corrected chi connectivity index (χ1v) is 8.08. The van der Waals surface area contributed by atoms with Crippen LogP contribution in [-0.4, -0.2) is 25.5 Å². The van der Waals surface area contributed by atoms with Gasteiger partial charge in [-0.1, -0.05) is 24.3 Å². The van der Waals surface area contributed by atoms with Crippen molar-refractivity contribution in [3.05, 3.63) is 82.4 Å². The number of pyridine rings is 1. The van der Waals surface area contributed by atoms with Crippen LogP contribution in [0.25, 0.3) is 5.57 Å². The highest BCUT2D eigenvalue weighted by atomic mass is 19.1. The summed E-state index contributed by atoms with van der Waals surface area (Å²) in [7, 11) is 0. The molecule has 2 aromatic heterocycles. The number of halogens is 1. The molecule has 6 heteroatoms. The second kappa shape index (κ2) is 5.84. The first-order chi connectivity index (χ1) is 12.5. The van der Waals surface area contributed by atoms with Gasteiger partial charge < -0.3 is 10.2 Å². The molecule has 1 aliphatic carbocycles. The molecule has 26 heavy (non-hydrogen) atoms. The molecule has 0 fully saturated rings. The number of hydrogen-bond acceptors (Lipinski definition) is 4. The van der Waals surface area contributed by atoms with E-state index in [4.69, 9.17) is 0 Å². The van der Waals surface area contributed by atoms with Crippen LogP contribution in [0.1, 0.15) is 39.7 Å². The van der Waals surface area contributed by atoms with E-state index in [0.717, 1.165) is 0 Å². The number of nitrogens with zero attached hydrogens (tertiary/aromatic N) is 2. The number of aromatic hydroxyl groups is 2. The molecule has 130 valence electrons. The molecule has 0 spiro atoms. The number of carbonyl (C=O) groups excluding carboxylic acids is 1. The van der Waals surface area contributed by atoms with E-state index >= 15 is 0 Å². The van der Waals surface area contributed by atoms with Crippen LogP contribution in [0.4, 0.5) is 4.39 Å². The topological polar surface area (TPSA) is 75.3 Å². The lowest BCUT2D eigenvalue weighted by molar-refractivity contribution is 0.102. The summed E-state index contributed by atoms with van der Waals surface area (Å²) in [4.78, 5) is 17.0. The van der Waals surface area contributed by atoms with Crippen molar-refractivity contribution in [2.45, 2.75) is 13.5 Å². The van der Waals surface area contributed by atoms with Gasteiger partial charge in [-0.05, 0) is 36.3 Å². The molecule has 5 nitrogen and oxygen atoms in total. The lowest BCUT2D eigenvalue weighted by atomic mass is 9.86. The molecular formula is C20H15FN2O3. The fourth-order valence-electron chi connectivity index (χ4n) is 3.34. The van der Waals surface area contributed by atoms with Gasteiger partial charge in [-0.15, -0.1) is 0 Å².